The third-order valence-electron chi connectivity index (χ3n) is 4.41. The number of halogens is 1. The van der Waals surface area contributed by atoms with Gasteiger partial charge in [-0.15, -0.1) is 0 Å². The Morgan fingerprint density at radius 3 is 2.85 bits per heavy atom. The minimum atomic E-state index is -0.352. The van der Waals surface area contributed by atoms with E-state index in [0.717, 1.165) is 12.1 Å². The fourth-order valence-electron chi connectivity index (χ4n) is 3.00. The molecule has 7 nitrogen and oxygen atoms in total. The van der Waals surface area contributed by atoms with Gasteiger partial charge in [0.1, 0.15) is 17.3 Å². The third-order valence-corrected chi connectivity index (χ3v) is 4.41. The highest BCUT2D eigenvalue weighted by Gasteiger charge is 2.24. The monoisotopic (exact) mass is 355 g/mol. The van der Waals surface area contributed by atoms with Gasteiger partial charge in [-0.3, -0.25) is 4.79 Å². The first-order chi connectivity index (χ1) is 12.7. The van der Waals surface area contributed by atoms with Crippen LogP contribution in [0, 0.1) is 5.82 Å². The van der Waals surface area contributed by atoms with Gasteiger partial charge >= 0.3 is 0 Å². The lowest BCUT2D eigenvalue weighted by atomic mass is 10.1. The first-order valence-electron chi connectivity index (χ1n) is 8.54. The molecular weight excluding hydrogens is 337 g/mol. The van der Waals surface area contributed by atoms with Crippen molar-refractivity contribution >= 4 is 0 Å². The normalized spacial score (nSPS) is 16.9. The summed E-state index contributed by atoms with van der Waals surface area (Å²) in [6.45, 7) is 1.28. The molecule has 3 heterocycles. The average molecular weight is 355 g/mol. The number of nitrogens with zero attached hydrogens (tertiary/aromatic N) is 4. The van der Waals surface area contributed by atoms with Gasteiger partial charge in [-0.1, -0.05) is 12.1 Å². The van der Waals surface area contributed by atoms with Gasteiger partial charge in [0.25, 0.3) is 5.56 Å². The van der Waals surface area contributed by atoms with Gasteiger partial charge in [-0.25, -0.2) is 19.2 Å². The Bertz CT molecular complexity index is 942. The number of benzene rings is 1. The smallest absolute Gasteiger partial charge is 0.264 e. The van der Waals surface area contributed by atoms with E-state index in [1.807, 2.05) is 0 Å². The van der Waals surface area contributed by atoms with Crippen LogP contribution in [-0.4, -0.2) is 38.2 Å². The Labute approximate surface area is 148 Å². The van der Waals surface area contributed by atoms with E-state index < -0.39 is 0 Å². The molecule has 134 valence electrons. The van der Waals surface area contributed by atoms with Crippen molar-refractivity contribution in [1.82, 2.24) is 25.0 Å². The van der Waals surface area contributed by atoms with Crippen LogP contribution in [0.3, 0.4) is 0 Å². The Morgan fingerprint density at radius 1 is 1.23 bits per heavy atom. The molecule has 1 saturated heterocycles. The molecule has 0 bridgehead atoms. The van der Waals surface area contributed by atoms with Crippen LogP contribution in [0.1, 0.15) is 29.7 Å². The summed E-state index contributed by atoms with van der Waals surface area (Å²) in [7, 11) is 0. The number of aromatic amines is 1. The Balaban J connectivity index is 1.65. The summed E-state index contributed by atoms with van der Waals surface area (Å²) in [6, 6.07) is 9.61. The molecule has 0 saturated carbocycles. The van der Waals surface area contributed by atoms with Crippen molar-refractivity contribution in [3.05, 3.63) is 69.9 Å². The van der Waals surface area contributed by atoms with Crippen molar-refractivity contribution in [1.29, 1.82) is 0 Å². The Hall–Kier alpha value is -2.87. The molecule has 8 heteroatoms. The van der Waals surface area contributed by atoms with Gasteiger partial charge in [0, 0.05) is 25.0 Å². The molecule has 0 amide bonds. The molecule has 0 unspecified atom stereocenters. The molecule has 4 rings (SSSR count). The quantitative estimate of drug-likeness (QED) is 0.754. The number of hydrogen-bond acceptors (Lipinski definition) is 5. The number of ether oxygens (including phenoxy) is 1. The molecule has 1 aliphatic rings. The van der Waals surface area contributed by atoms with Crippen LogP contribution in [-0.2, 0) is 17.6 Å². The molecule has 1 fully saturated rings. The fraction of sp³-hybridized carbons (Fsp3) is 0.333. The predicted molar refractivity (Wildman–Crippen MR) is 91.8 cm³/mol. The van der Waals surface area contributed by atoms with Crippen LogP contribution < -0.4 is 5.56 Å². The lowest BCUT2D eigenvalue weighted by molar-refractivity contribution is 0.193. The van der Waals surface area contributed by atoms with E-state index in [1.165, 1.54) is 12.1 Å². The van der Waals surface area contributed by atoms with Crippen molar-refractivity contribution in [2.24, 2.45) is 0 Å². The molecule has 2 aromatic heterocycles. The van der Waals surface area contributed by atoms with Crippen LogP contribution in [0.25, 0.3) is 5.69 Å². The summed E-state index contributed by atoms with van der Waals surface area (Å²) >= 11 is 0. The maximum atomic E-state index is 14.3. The second kappa shape index (κ2) is 7.17. The summed E-state index contributed by atoms with van der Waals surface area (Å²) in [4.78, 5) is 15.8. The highest BCUT2D eigenvalue weighted by Crippen LogP contribution is 2.24. The summed E-state index contributed by atoms with van der Waals surface area (Å²) in [5, 5.41) is 11.0. The zero-order valence-corrected chi connectivity index (χ0v) is 14.1. The number of hydrogen-bond donors (Lipinski definition) is 1. The molecule has 0 aliphatic carbocycles. The lowest BCUT2D eigenvalue weighted by Crippen LogP contribution is -2.10. The summed E-state index contributed by atoms with van der Waals surface area (Å²) in [6.07, 6.45) is 1.95. The van der Waals surface area contributed by atoms with Crippen molar-refractivity contribution in [3.63, 3.8) is 0 Å². The van der Waals surface area contributed by atoms with E-state index in [4.69, 9.17) is 4.74 Å². The predicted octanol–water partition coefficient (Wildman–Crippen LogP) is 1.78. The highest BCUT2D eigenvalue weighted by molar-refractivity contribution is 5.33. The topological polar surface area (TPSA) is 85.7 Å². The van der Waals surface area contributed by atoms with Crippen molar-refractivity contribution < 1.29 is 9.13 Å². The number of nitrogens with one attached hydrogen (secondary N) is 1. The number of H-pyrrole nitrogens is 1. The first kappa shape index (κ1) is 16.6. The standard InChI is InChI=1S/C18H18FN5O2/c19-14-3-1-2-4-15(14)24-16(7-5-13-6-8-17(25)22-21-13)20-18(23-24)12-9-10-26-11-12/h1-4,6,8,12H,5,7,9-11H2,(H,22,25)/t12-/m1/s1. The molecule has 1 N–H and O–H groups in total. The van der Waals surface area contributed by atoms with Crippen LogP contribution in [0.4, 0.5) is 4.39 Å². The van der Waals surface area contributed by atoms with Gasteiger partial charge in [-0.05, 0) is 31.0 Å². The van der Waals surface area contributed by atoms with Crippen molar-refractivity contribution in [3.8, 4) is 5.69 Å². The molecule has 0 radical (unpaired) electrons. The number of rotatable bonds is 5. The maximum Gasteiger partial charge on any atom is 0.264 e. The number of aromatic nitrogens is 5. The van der Waals surface area contributed by atoms with Crippen LogP contribution in [0.5, 0.6) is 0 Å². The summed E-state index contributed by atoms with van der Waals surface area (Å²) in [5.74, 6) is 1.11. The number of aryl methyl sites for hydroxylation is 2. The Morgan fingerprint density at radius 2 is 2.12 bits per heavy atom. The molecule has 1 atom stereocenters. The van der Waals surface area contributed by atoms with E-state index >= 15 is 0 Å². The van der Waals surface area contributed by atoms with Gasteiger partial charge in [-0.2, -0.15) is 10.2 Å². The molecule has 1 aliphatic heterocycles. The molecule has 0 spiro atoms. The fourth-order valence-corrected chi connectivity index (χ4v) is 3.00. The second-order valence-electron chi connectivity index (χ2n) is 6.22. The largest absolute Gasteiger partial charge is 0.381 e. The van der Waals surface area contributed by atoms with Crippen molar-refractivity contribution in [2.45, 2.75) is 25.2 Å². The van der Waals surface area contributed by atoms with Crippen LogP contribution in [0.15, 0.2) is 41.2 Å². The van der Waals surface area contributed by atoms with E-state index in [9.17, 15) is 9.18 Å². The SMILES string of the molecule is O=c1ccc(CCc2nc([C@@H]3CCOC3)nn2-c2ccccc2F)n[nH]1. The Kier molecular flexibility index (Phi) is 4.57. The van der Waals surface area contributed by atoms with Gasteiger partial charge in [0.05, 0.1) is 12.3 Å². The number of para-hydroxylation sites is 1. The average Bonchev–Trinajstić information content (AvgIpc) is 3.31. The van der Waals surface area contributed by atoms with E-state index in [1.54, 1.807) is 28.9 Å². The zero-order valence-electron chi connectivity index (χ0n) is 14.1. The molecule has 1 aromatic carbocycles. The molecular formula is C18H18FN5O2. The van der Waals surface area contributed by atoms with Crippen LogP contribution >= 0.6 is 0 Å². The minimum absolute atomic E-state index is 0.132. The molecule has 26 heavy (non-hydrogen) atoms. The highest BCUT2D eigenvalue weighted by atomic mass is 19.1. The van der Waals surface area contributed by atoms with E-state index in [0.29, 0.717) is 43.4 Å². The zero-order chi connectivity index (χ0) is 17.9. The summed E-state index contributed by atoms with van der Waals surface area (Å²) < 4.78 is 21.3. The van der Waals surface area contributed by atoms with Gasteiger partial charge in [0.15, 0.2) is 5.82 Å². The van der Waals surface area contributed by atoms with Gasteiger partial charge < -0.3 is 4.74 Å². The maximum absolute atomic E-state index is 14.3. The molecule has 3 aromatic rings. The summed E-state index contributed by atoms with van der Waals surface area (Å²) in [5.41, 5.74) is 0.861. The van der Waals surface area contributed by atoms with Crippen molar-refractivity contribution in [2.75, 3.05) is 13.2 Å². The van der Waals surface area contributed by atoms with E-state index in [-0.39, 0.29) is 17.3 Å². The third kappa shape index (κ3) is 3.41. The van der Waals surface area contributed by atoms with Crippen LogP contribution in [0.2, 0.25) is 0 Å². The lowest BCUT2D eigenvalue weighted by Gasteiger charge is -2.06. The van der Waals surface area contributed by atoms with Gasteiger partial charge in [0.2, 0.25) is 0 Å². The van der Waals surface area contributed by atoms with E-state index in [2.05, 4.69) is 20.3 Å². The second-order valence-corrected chi connectivity index (χ2v) is 6.22. The minimum Gasteiger partial charge on any atom is -0.381 e. The first-order valence-corrected chi connectivity index (χ1v) is 8.54.